The van der Waals surface area contributed by atoms with E-state index in [1.807, 2.05) is 56.3 Å². The summed E-state index contributed by atoms with van der Waals surface area (Å²) in [4.78, 5) is 13.8. The molecule has 7 nitrogen and oxygen atoms in total. The molecular formula is C16H23N5O2. The molecule has 1 heterocycles. The Morgan fingerprint density at radius 1 is 1.30 bits per heavy atom. The number of nitrogens with zero attached hydrogens (tertiary/aromatic N) is 3. The third-order valence-electron chi connectivity index (χ3n) is 3.29. The molecule has 0 aliphatic rings. The van der Waals surface area contributed by atoms with E-state index in [2.05, 4.69) is 15.7 Å². The number of aromatic nitrogens is 2. The van der Waals surface area contributed by atoms with Crippen molar-refractivity contribution in [2.24, 2.45) is 0 Å². The van der Waals surface area contributed by atoms with Crippen molar-refractivity contribution in [3.8, 4) is 11.4 Å². The summed E-state index contributed by atoms with van der Waals surface area (Å²) in [5.74, 6) is 1.30. The van der Waals surface area contributed by atoms with E-state index in [9.17, 15) is 4.79 Å². The van der Waals surface area contributed by atoms with Crippen molar-refractivity contribution in [3.63, 3.8) is 0 Å². The number of rotatable bonds is 6. The van der Waals surface area contributed by atoms with E-state index in [0.717, 1.165) is 23.7 Å². The molecule has 0 spiro atoms. The van der Waals surface area contributed by atoms with Crippen molar-refractivity contribution in [1.29, 1.82) is 0 Å². The van der Waals surface area contributed by atoms with Crippen LogP contribution in [0.5, 0.6) is 5.75 Å². The number of carbonyl (C=O) groups excluding carboxylic acids is 1. The molecule has 7 heteroatoms. The third-order valence-corrected chi connectivity index (χ3v) is 3.29. The van der Waals surface area contributed by atoms with Gasteiger partial charge in [0, 0.05) is 24.8 Å². The maximum absolute atomic E-state index is 11.8. The van der Waals surface area contributed by atoms with Crippen LogP contribution in [0.25, 0.3) is 5.69 Å². The minimum absolute atomic E-state index is 0.258. The van der Waals surface area contributed by atoms with E-state index in [-0.39, 0.29) is 6.03 Å². The molecule has 0 radical (unpaired) electrons. The van der Waals surface area contributed by atoms with Gasteiger partial charge in [-0.15, -0.1) is 5.10 Å². The number of ether oxygens (including phenoxy) is 1. The van der Waals surface area contributed by atoms with Crippen LogP contribution in [0, 0.1) is 6.92 Å². The highest BCUT2D eigenvalue weighted by Gasteiger charge is 2.09. The van der Waals surface area contributed by atoms with E-state index in [1.54, 1.807) is 11.8 Å². The Morgan fingerprint density at radius 2 is 2.00 bits per heavy atom. The molecule has 2 rings (SSSR count). The number of methoxy groups -OCH3 is 1. The Balaban J connectivity index is 2.01. The second kappa shape index (κ2) is 7.64. The highest BCUT2D eigenvalue weighted by atomic mass is 16.5. The minimum Gasteiger partial charge on any atom is -0.497 e. The van der Waals surface area contributed by atoms with Crippen LogP contribution < -0.4 is 15.4 Å². The van der Waals surface area contributed by atoms with Crippen LogP contribution in [0.2, 0.25) is 0 Å². The van der Waals surface area contributed by atoms with Crippen LogP contribution >= 0.6 is 0 Å². The maximum atomic E-state index is 11.8. The van der Waals surface area contributed by atoms with Gasteiger partial charge in [0.25, 0.3) is 0 Å². The van der Waals surface area contributed by atoms with E-state index in [1.165, 1.54) is 0 Å². The molecule has 2 aromatic rings. The predicted molar refractivity (Wildman–Crippen MR) is 90.4 cm³/mol. The Kier molecular flexibility index (Phi) is 5.59. The van der Waals surface area contributed by atoms with Crippen LogP contribution in [-0.2, 0) is 0 Å². The molecule has 1 aromatic carbocycles. The van der Waals surface area contributed by atoms with Gasteiger partial charge in [-0.1, -0.05) is 0 Å². The first kappa shape index (κ1) is 16.8. The molecule has 2 N–H and O–H groups in total. The lowest BCUT2D eigenvalue weighted by atomic mass is 10.3. The first-order chi connectivity index (χ1) is 11.0. The second-order valence-corrected chi connectivity index (χ2v) is 5.46. The normalized spacial score (nSPS) is 10.7. The summed E-state index contributed by atoms with van der Waals surface area (Å²) in [5, 5.41) is 9.94. The maximum Gasteiger partial charge on any atom is 0.320 e. The zero-order chi connectivity index (χ0) is 16.8. The molecule has 0 saturated carbocycles. The van der Waals surface area contributed by atoms with Crippen molar-refractivity contribution < 1.29 is 9.53 Å². The number of hydrogen-bond acceptors (Lipinski definition) is 4. The Morgan fingerprint density at radius 3 is 2.61 bits per heavy atom. The van der Waals surface area contributed by atoms with Crippen LogP contribution in [0.4, 0.5) is 10.6 Å². The van der Waals surface area contributed by atoms with Gasteiger partial charge in [0.05, 0.1) is 12.8 Å². The number of hydrogen-bond donors (Lipinski definition) is 2. The highest BCUT2D eigenvalue weighted by molar-refractivity contribution is 5.88. The number of nitrogens with one attached hydrogen (secondary N) is 2. The Hall–Kier alpha value is -2.54. The van der Waals surface area contributed by atoms with Crippen LogP contribution in [0.3, 0.4) is 0 Å². The van der Waals surface area contributed by atoms with Crippen molar-refractivity contribution >= 4 is 11.8 Å². The number of aryl methyl sites for hydroxylation is 1. The quantitative estimate of drug-likeness (QED) is 0.853. The molecule has 23 heavy (non-hydrogen) atoms. The lowest BCUT2D eigenvalue weighted by Crippen LogP contribution is -2.34. The molecule has 0 unspecified atom stereocenters. The summed E-state index contributed by atoms with van der Waals surface area (Å²) in [6.45, 7) is 3.30. The summed E-state index contributed by atoms with van der Waals surface area (Å²) in [5.41, 5.74) is 1.84. The third kappa shape index (κ3) is 4.72. The van der Waals surface area contributed by atoms with Gasteiger partial charge in [-0.05, 0) is 45.3 Å². The van der Waals surface area contributed by atoms with Gasteiger partial charge in [0.15, 0.2) is 5.82 Å². The summed E-state index contributed by atoms with van der Waals surface area (Å²) < 4.78 is 6.92. The number of amides is 2. The average molecular weight is 317 g/mol. The summed E-state index contributed by atoms with van der Waals surface area (Å²) in [6, 6.07) is 9.15. The summed E-state index contributed by atoms with van der Waals surface area (Å²) in [7, 11) is 5.55. The number of carbonyl (C=O) groups is 1. The second-order valence-electron chi connectivity index (χ2n) is 5.46. The van der Waals surface area contributed by atoms with Gasteiger partial charge < -0.3 is 15.0 Å². The van der Waals surface area contributed by atoms with Gasteiger partial charge in [0.2, 0.25) is 0 Å². The molecule has 0 aliphatic heterocycles. The van der Waals surface area contributed by atoms with E-state index >= 15 is 0 Å². The fraction of sp³-hybridized carbons (Fsp3) is 0.375. The van der Waals surface area contributed by atoms with Crippen molar-refractivity contribution in [3.05, 3.63) is 36.0 Å². The Bertz CT molecular complexity index is 649. The molecule has 0 aliphatic carbocycles. The van der Waals surface area contributed by atoms with E-state index < -0.39 is 0 Å². The predicted octanol–water partition coefficient (Wildman–Crippen LogP) is 1.87. The van der Waals surface area contributed by atoms with E-state index in [0.29, 0.717) is 12.4 Å². The molecule has 0 bridgehead atoms. The van der Waals surface area contributed by atoms with Crippen molar-refractivity contribution in [2.75, 3.05) is 39.6 Å². The standard InChI is InChI=1S/C16H23N5O2/c1-12-11-15(18-16(22)17-9-10-20(2)3)19-21(12)13-5-7-14(23-4)8-6-13/h5-8,11H,9-10H2,1-4H3,(H2,17,18,19,22). The molecular weight excluding hydrogens is 294 g/mol. The molecule has 1 aromatic heterocycles. The van der Waals surface area contributed by atoms with E-state index in [4.69, 9.17) is 4.74 Å². The van der Waals surface area contributed by atoms with Gasteiger partial charge in [-0.25, -0.2) is 9.48 Å². The molecule has 0 saturated heterocycles. The van der Waals surface area contributed by atoms with Crippen LogP contribution in [0.1, 0.15) is 5.69 Å². The van der Waals surface area contributed by atoms with Gasteiger partial charge in [-0.2, -0.15) is 0 Å². The number of anilines is 1. The van der Waals surface area contributed by atoms with Crippen molar-refractivity contribution in [1.82, 2.24) is 20.0 Å². The molecule has 0 fully saturated rings. The molecule has 0 atom stereocenters. The zero-order valence-corrected chi connectivity index (χ0v) is 14.0. The SMILES string of the molecule is COc1ccc(-n2nc(NC(=O)NCCN(C)C)cc2C)cc1. The fourth-order valence-electron chi connectivity index (χ4n) is 2.07. The average Bonchev–Trinajstić information content (AvgIpc) is 2.87. The number of likely N-dealkylation sites (N-methyl/N-ethyl adjacent to an activating group) is 1. The first-order valence-corrected chi connectivity index (χ1v) is 7.40. The van der Waals surface area contributed by atoms with Gasteiger partial charge >= 0.3 is 6.03 Å². The summed E-state index contributed by atoms with van der Waals surface area (Å²) >= 11 is 0. The number of urea groups is 1. The largest absolute Gasteiger partial charge is 0.497 e. The smallest absolute Gasteiger partial charge is 0.320 e. The monoisotopic (exact) mass is 317 g/mol. The van der Waals surface area contributed by atoms with Gasteiger partial charge in [0.1, 0.15) is 5.75 Å². The van der Waals surface area contributed by atoms with Gasteiger partial charge in [-0.3, -0.25) is 5.32 Å². The first-order valence-electron chi connectivity index (χ1n) is 7.40. The lowest BCUT2D eigenvalue weighted by Gasteiger charge is -2.10. The number of benzene rings is 1. The molecule has 124 valence electrons. The van der Waals surface area contributed by atoms with Crippen molar-refractivity contribution in [2.45, 2.75) is 6.92 Å². The lowest BCUT2D eigenvalue weighted by molar-refractivity contribution is 0.250. The molecule has 2 amide bonds. The zero-order valence-electron chi connectivity index (χ0n) is 14.0. The summed E-state index contributed by atoms with van der Waals surface area (Å²) in [6.07, 6.45) is 0. The van der Waals surface area contributed by atoms with Crippen LogP contribution in [0.15, 0.2) is 30.3 Å². The minimum atomic E-state index is -0.258. The van der Waals surface area contributed by atoms with Crippen LogP contribution in [-0.4, -0.2) is 55.0 Å². The fourth-order valence-corrected chi connectivity index (χ4v) is 2.07. The highest BCUT2D eigenvalue weighted by Crippen LogP contribution is 2.18. The topological polar surface area (TPSA) is 71.4 Å². The Labute approximate surface area is 136 Å².